The van der Waals surface area contributed by atoms with Crippen LogP contribution in [0.5, 0.6) is 11.5 Å². The molecule has 0 radical (unpaired) electrons. The lowest BCUT2D eigenvalue weighted by atomic mass is 10.1. The maximum Gasteiger partial charge on any atom is 0.262 e. The summed E-state index contributed by atoms with van der Waals surface area (Å²) in [7, 11) is 1.57. The van der Waals surface area contributed by atoms with Gasteiger partial charge in [-0.05, 0) is 60.5 Å². The van der Waals surface area contributed by atoms with E-state index in [0.29, 0.717) is 22.7 Å². The van der Waals surface area contributed by atoms with Crippen molar-refractivity contribution in [2.75, 3.05) is 57.2 Å². The first-order chi connectivity index (χ1) is 17.6. The minimum absolute atomic E-state index is 0.152. The molecule has 0 saturated carbocycles. The highest BCUT2D eigenvalue weighted by Gasteiger charge is 2.11. The fourth-order valence-electron chi connectivity index (χ4n) is 3.82. The molecule has 0 aromatic heterocycles. The molecule has 1 fully saturated rings. The van der Waals surface area contributed by atoms with Gasteiger partial charge in [0.05, 0.1) is 20.3 Å². The number of ether oxygens (including phenoxy) is 3. The first kappa shape index (κ1) is 25.2. The van der Waals surface area contributed by atoms with Gasteiger partial charge in [0.15, 0.2) is 6.61 Å². The number of methoxy groups -OCH3 is 1. The van der Waals surface area contributed by atoms with E-state index in [-0.39, 0.29) is 18.4 Å². The molecule has 1 heterocycles. The molecule has 1 aliphatic rings. The maximum atomic E-state index is 12.6. The van der Waals surface area contributed by atoms with Crippen LogP contribution in [0.1, 0.15) is 15.9 Å². The number of carbonyl (C=O) groups is 2. The highest BCUT2D eigenvalue weighted by Crippen LogP contribution is 2.18. The normalized spacial score (nSPS) is 13.6. The highest BCUT2D eigenvalue weighted by molar-refractivity contribution is 6.04. The van der Waals surface area contributed by atoms with Crippen molar-refractivity contribution in [1.82, 2.24) is 4.90 Å². The van der Waals surface area contributed by atoms with E-state index in [1.807, 2.05) is 24.3 Å². The molecule has 3 aromatic rings. The van der Waals surface area contributed by atoms with Crippen LogP contribution in [0.4, 0.5) is 11.4 Å². The molecular weight excluding hydrogens is 458 g/mol. The van der Waals surface area contributed by atoms with Crippen LogP contribution in [0.2, 0.25) is 0 Å². The molecule has 188 valence electrons. The number of benzene rings is 3. The van der Waals surface area contributed by atoms with Crippen LogP contribution < -0.4 is 20.1 Å². The summed E-state index contributed by atoms with van der Waals surface area (Å²) in [6.07, 6.45) is 0.966. The first-order valence-corrected chi connectivity index (χ1v) is 12.0. The largest absolute Gasteiger partial charge is 0.497 e. The van der Waals surface area contributed by atoms with Gasteiger partial charge in [0, 0.05) is 42.6 Å². The van der Waals surface area contributed by atoms with Gasteiger partial charge in [0.25, 0.3) is 11.8 Å². The average molecular weight is 490 g/mol. The standard InChI is InChI=1S/C28H31N3O5/c1-34-26-4-2-3-24(19-26)29-27(32)20-36-25-11-7-22(8-12-25)28(33)30-23-9-5-21(6-10-23)13-14-31-15-17-35-18-16-31/h2-12,19H,13-18,20H2,1H3,(H,29,32)(H,30,33). The second-order valence-electron chi connectivity index (χ2n) is 8.45. The molecule has 8 heteroatoms. The van der Waals surface area contributed by atoms with E-state index < -0.39 is 0 Å². The van der Waals surface area contributed by atoms with Gasteiger partial charge in [-0.2, -0.15) is 0 Å². The Morgan fingerprint density at radius 1 is 0.889 bits per heavy atom. The van der Waals surface area contributed by atoms with Gasteiger partial charge >= 0.3 is 0 Å². The zero-order valence-electron chi connectivity index (χ0n) is 20.4. The Bertz CT molecular complexity index is 1140. The van der Waals surface area contributed by atoms with E-state index in [0.717, 1.165) is 45.0 Å². The van der Waals surface area contributed by atoms with Gasteiger partial charge in [-0.25, -0.2) is 0 Å². The molecule has 1 aliphatic heterocycles. The second kappa shape index (κ2) is 12.7. The van der Waals surface area contributed by atoms with Crippen LogP contribution in [0, 0.1) is 0 Å². The predicted molar refractivity (Wildman–Crippen MR) is 139 cm³/mol. The molecule has 36 heavy (non-hydrogen) atoms. The van der Waals surface area contributed by atoms with Gasteiger partial charge in [-0.1, -0.05) is 18.2 Å². The van der Waals surface area contributed by atoms with Crippen molar-refractivity contribution in [3.8, 4) is 11.5 Å². The summed E-state index contributed by atoms with van der Waals surface area (Å²) in [6.45, 7) is 4.42. The summed E-state index contributed by atoms with van der Waals surface area (Å²) < 4.78 is 16.1. The Morgan fingerprint density at radius 2 is 1.64 bits per heavy atom. The van der Waals surface area contributed by atoms with Crippen molar-refractivity contribution in [3.63, 3.8) is 0 Å². The van der Waals surface area contributed by atoms with Crippen LogP contribution in [-0.2, 0) is 16.0 Å². The number of anilines is 2. The SMILES string of the molecule is COc1cccc(NC(=O)COc2ccc(C(=O)Nc3ccc(CCN4CCOCC4)cc3)cc2)c1. The zero-order chi connectivity index (χ0) is 25.2. The Morgan fingerprint density at radius 3 is 2.36 bits per heavy atom. The number of amides is 2. The number of nitrogens with one attached hydrogen (secondary N) is 2. The number of hydrogen-bond acceptors (Lipinski definition) is 6. The molecule has 0 unspecified atom stereocenters. The van der Waals surface area contributed by atoms with Gasteiger partial charge in [-0.3, -0.25) is 14.5 Å². The molecule has 0 bridgehead atoms. The monoisotopic (exact) mass is 489 g/mol. The van der Waals surface area contributed by atoms with E-state index in [1.54, 1.807) is 55.6 Å². The Kier molecular flexibility index (Phi) is 8.91. The lowest BCUT2D eigenvalue weighted by Crippen LogP contribution is -2.37. The lowest BCUT2D eigenvalue weighted by molar-refractivity contribution is -0.118. The number of hydrogen-bond donors (Lipinski definition) is 2. The predicted octanol–water partition coefficient (Wildman–Crippen LogP) is 3.84. The van der Waals surface area contributed by atoms with Gasteiger partial charge in [0.2, 0.25) is 0 Å². The van der Waals surface area contributed by atoms with Gasteiger partial charge in [0.1, 0.15) is 11.5 Å². The minimum atomic E-state index is -0.293. The number of nitrogens with zero attached hydrogens (tertiary/aromatic N) is 1. The quantitative estimate of drug-likeness (QED) is 0.450. The van der Waals surface area contributed by atoms with Crippen LogP contribution in [0.15, 0.2) is 72.8 Å². The summed E-state index contributed by atoms with van der Waals surface area (Å²) >= 11 is 0. The van der Waals surface area contributed by atoms with E-state index in [4.69, 9.17) is 14.2 Å². The third-order valence-corrected chi connectivity index (χ3v) is 5.87. The van der Waals surface area contributed by atoms with Crippen molar-refractivity contribution in [2.24, 2.45) is 0 Å². The molecular formula is C28H31N3O5. The molecule has 0 spiro atoms. The number of carbonyl (C=O) groups excluding carboxylic acids is 2. The fourth-order valence-corrected chi connectivity index (χ4v) is 3.82. The smallest absolute Gasteiger partial charge is 0.262 e. The van der Waals surface area contributed by atoms with E-state index >= 15 is 0 Å². The molecule has 0 aliphatic carbocycles. The Balaban J connectivity index is 1.21. The van der Waals surface area contributed by atoms with Crippen LogP contribution in [-0.4, -0.2) is 63.3 Å². The number of morpholine rings is 1. The zero-order valence-corrected chi connectivity index (χ0v) is 20.4. The molecule has 0 atom stereocenters. The third-order valence-electron chi connectivity index (χ3n) is 5.87. The topological polar surface area (TPSA) is 89.1 Å². The molecule has 8 nitrogen and oxygen atoms in total. The van der Waals surface area contributed by atoms with E-state index in [9.17, 15) is 9.59 Å². The first-order valence-electron chi connectivity index (χ1n) is 12.0. The van der Waals surface area contributed by atoms with Crippen molar-refractivity contribution >= 4 is 23.2 Å². The fraction of sp³-hybridized carbons (Fsp3) is 0.286. The molecule has 2 N–H and O–H groups in total. The van der Waals surface area contributed by atoms with E-state index in [1.165, 1.54) is 5.56 Å². The summed E-state index contributed by atoms with van der Waals surface area (Å²) in [5, 5.41) is 5.67. The average Bonchev–Trinajstić information content (AvgIpc) is 2.92. The highest BCUT2D eigenvalue weighted by atomic mass is 16.5. The van der Waals surface area contributed by atoms with E-state index in [2.05, 4.69) is 15.5 Å². The van der Waals surface area contributed by atoms with Gasteiger partial charge in [-0.15, -0.1) is 0 Å². The van der Waals surface area contributed by atoms with Crippen molar-refractivity contribution in [2.45, 2.75) is 6.42 Å². The van der Waals surface area contributed by atoms with Crippen molar-refractivity contribution in [3.05, 3.63) is 83.9 Å². The van der Waals surface area contributed by atoms with Gasteiger partial charge < -0.3 is 24.8 Å². The molecule has 4 rings (SSSR count). The van der Waals surface area contributed by atoms with Crippen LogP contribution in [0.25, 0.3) is 0 Å². The second-order valence-corrected chi connectivity index (χ2v) is 8.45. The lowest BCUT2D eigenvalue weighted by Gasteiger charge is -2.26. The summed E-state index contributed by atoms with van der Waals surface area (Å²) in [5.74, 6) is 0.649. The summed E-state index contributed by atoms with van der Waals surface area (Å²) in [5.41, 5.74) is 3.10. The van der Waals surface area contributed by atoms with Crippen molar-refractivity contribution < 1.29 is 23.8 Å². The summed E-state index contributed by atoms with van der Waals surface area (Å²) in [4.78, 5) is 27.2. The Labute approximate surface area is 211 Å². The molecule has 1 saturated heterocycles. The third kappa shape index (κ3) is 7.56. The molecule has 2 amide bonds. The Hall–Kier alpha value is -3.88. The number of rotatable bonds is 10. The van der Waals surface area contributed by atoms with Crippen LogP contribution >= 0.6 is 0 Å². The minimum Gasteiger partial charge on any atom is -0.497 e. The molecule has 3 aromatic carbocycles. The summed E-state index contributed by atoms with van der Waals surface area (Å²) in [6, 6.07) is 21.7. The maximum absolute atomic E-state index is 12.6. The van der Waals surface area contributed by atoms with Crippen molar-refractivity contribution in [1.29, 1.82) is 0 Å². The van der Waals surface area contributed by atoms with Crippen LogP contribution in [0.3, 0.4) is 0 Å².